The lowest BCUT2D eigenvalue weighted by Crippen LogP contribution is -1.88. The summed E-state index contributed by atoms with van der Waals surface area (Å²) in [7, 11) is 0. The number of rotatable bonds is 1. The molecule has 0 aliphatic heterocycles. The van der Waals surface area contributed by atoms with Crippen LogP contribution in [-0.4, -0.2) is 9.97 Å². The van der Waals surface area contributed by atoms with Crippen molar-refractivity contribution in [2.75, 3.05) is 4.84 Å². The van der Waals surface area contributed by atoms with E-state index in [-0.39, 0.29) is 0 Å². The van der Waals surface area contributed by atoms with Crippen molar-refractivity contribution in [2.45, 2.75) is 0 Å². The lowest BCUT2D eigenvalue weighted by atomic mass is 10.3. The zero-order valence-corrected chi connectivity index (χ0v) is 6.92. The van der Waals surface area contributed by atoms with Crippen LogP contribution in [-0.2, 0) is 0 Å². The maximum Gasteiger partial charge on any atom is 0.159 e. The molecule has 1 N–H and O–H groups in total. The van der Waals surface area contributed by atoms with Gasteiger partial charge >= 0.3 is 0 Å². The fourth-order valence-corrected chi connectivity index (χ4v) is 1.09. The van der Waals surface area contributed by atoms with Crippen LogP contribution in [0.4, 0.5) is 5.82 Å². The molecule has 1 heterocycles. The molecule has 0 radical (unpaired) electrons. The van der Waals surface area contributed by atoms with Crippen LogP contribution in [0.3, 0.4) is 0 Å². The van der Waals surface area contributed by atoms with E-state index in [1.54, 1.807) is 6.20 Å². The number of anilines is 1. The smallest absolute Gasteiger partial charge is 0.159 e. The minimum Gasteiger partial charge on any atom is -0.281 e. The minimum absolute atomic E-state index is 0.565. The zero-order chi connectivity index (χ0) is 8.39. The molecular weight excluding hydrogens is 174 g/mol. The Hall–Kier alpha value is -1.35. The molecule has 0 aliphatic rings. The molecule has 2 aromatic rings. The highest BCUT2D eigenvalue weighted by Gasteiger charge is 1.95. The van der Waals surface area contributed by atoms with Crippen LogP contribution < -0.4 is 4.84 Å². The highest BCUT2D eigenvalue weighted by atomic mass is 35.5. The molecule has 2 rings (SSSR count). The van der Waals surface area contributed by atoms with Gasteiger partial charge in [-0.3, -0.25) is 9.82 Å². The van der Waals surface area contributed by atoms with E-state index in [1.165, 1.54) is 0 Å². The summed E-state index contributed by atoms with van der Waals surface area (Å²) in [6.07, 6.45) is 1.59. The number of aromatic nitrogens is 2. The molecule has 4 heteroatoms. The van der Waals surface area contributed by atoms with Crippen molar-refractivity contribution in [3.05, 3.63) is 30.5 Å². The van der Waals surface area contributed by atoms with E-state index in [4.69, 9.17) is 11.8 Å². The number of benzene rings is 1. The Labute approximate surface area is 74.5 Å². The van der Waals surface area contributed by atoms with Crippen molar-refractivity contribution in [1.29, 1.82) is 0 Å². The molecule has 0 atom stereocenters. The number of fused-ring (bicyclic) bond motifs is 1. The first-order valence-corrected chi connectivity index (χ1v) is 3.86. The van der Waals surface area contributed by atoms with E-state index in [2.05, 4.69) is 14.8 Å². The van der Waals surface area contributed by atoms with Gasteiger partial charge in [-0.15, -0.1) is 0 Å². The van der Waals surface area contributed by atoms with Crippen molar-refractivity contribution in [2.24, 2.45) is 0 Å². The van der Waals surface area contributed by atoms with Crippen molar-refractivity contribution in [3.63, 3.8) is 0 Å². The SMILES string of the molecule is ClNc1cnc2ccccc2n1. The second kappa shape index (κ2) is 2.95. The molecular formula is C8H6ClN3. The molecule has 0 saturated carbocycles. The molecule has 1 aromatic carbocycles. The first kappa shape index (κ1) is 7.31. The summed E-state index contributed by atoms with van der Waals surface area (Å²) in [6, 6.07) is 7.63. The van der Waals surface area contributed by atoms with Gasteiger partial charge in [-0.1, -0.05) is 12.1 Å². The summed E-state index contributed by atoms with van der Waals surface area (Å²) in [6.45, 7) is 0. The Morgan fingerprint density at radius 3 is 2.67 bits per heavy atom. The summed E-state index contributed by atoms with van der Waals surface area (Å²) >= 11 is 5.37. The maximum atomic E-state index is 5.37. The average molecular weight is 180 g/mol. The summed E-state index contributed by atoms with van der Waals surface area (Å²) in [5.74, 6) is 0.565. The van der Waals surface area contributed by atoms with E-state index < -0.39 is 0 Å². The molecule has 0 fully saturated rings. The molecule has 0 saturated heterocycles. The Morgan fingerprint density at radius 2 is 1.92 bits per heavy atom. The monoisotopic (exact) mass is 179 g/mol. The van der Waals surface area contributed by atoms with Gasteiger partial charge in [0.15, 0.2) is 5.82 Å². The van der Waals surface area contributed by atoms with Gasteiger partial charge in [0.1, 0.15) is 0 Å². The molecule has 0 spiro atoms. The van der Waals surface area contributed by atoms with Crippen LogP contribution in [0.25, 0.3) is 11.0 Å². The molecule has 3 nitrogen and oxygen atoms in total. The molecule has 1 aromatic heterocycles. The zero-order valence-electron chi connectivity index (χ0n) is 6.16. The van der Waals surface area contributed by atoms with Crippen molar-refractivity contribution < 1.29 is 0 Å². The molecule has 0 amide bonds. The van der Waals surface area contributed by atoms with Gasteiger partial charge < -0.3 is 0 Å². The van der Waals surface area contributed by atoms with Gasteiger partial charge in [0.05, 0.1) is 17.2 Å². The summed E-state index contributed by atoms with van der Waals surface area (Å²) in [4.78, 5) is 10.7. The summed E-state index contributed by atoms with van der Waals surface area (Å²) in [5, 5.41) is 0. The number of hydrogen-bond acceptors (Lipinski definition) is 3. The second-order valence-electron chi connectivity index (χ2n) is 2.34. The third kappa shape index (κ3) is 1.19. The molecule has 0 aliphatic carbocycles. The molecule has 0 unspecified atom stereocenters. The van der Waals surface area contributed by atoms with E-state index in [0.717, 1.165) is 11.0 Å². The molecule has 60 valence electrons. The standard InChI is InChI=1S/C8H6ClN3/c9-12-8-5-10-6-3-1-2-4-7(6)11-8/h1-5H,(H,11,12). The van der Waals surface area contributed by atoms with Crippen molar-refractivity contribution in [3.8, 4) is 0 Å². The van der Waals surface area contributed by atoms with E-state index in [0.29, 0.717) is 5.82 Å². The lowest BCUT2D eigenvalue weighted by molar-refractivity contribution is 1.30. The van der Waals surface area contributed by atoms with Gasteiger partial charge in [0.25, 0.3) is 0 Å². The second-order valence-corrected chi connectivity index (χ2v) is 2.53. The highest BCUT2D eigenvalue weighted by molar-refractivity contribution is 6.23. The van der Waals surface area contributed by atoms with E-state index in [1.807, 2.05) is 24.3 Å². The minimum atomic E-state index is 0.565. The van der Waals surface area contributed by atoms with E-state index >= 15 is 0 Å². The fraction of sp³-hybridized carbons (Fsp3) is 0. The Kier molecular flexibility index (Phi) is 1.80. The number of nitrogens with one attached hydrogen (secondary N) is 1. The van der Waals surface area contributed by atoms with Gasteiger partial charge in [0.2, 0.25) is 0 Å². The van der Waals surface area contributed by atoms with Crippen LogP contribution >= 0.6 is 11.8 Å². The van der Waals surface area contributed by atoms with Crippen LogP contribution in [0.2, 0.25) is 0 Å². The summed E-state index contributed by atoms with van der Waals surface area (Å²) in [5.41, 5.74) is 1.70. The Morgan fingerprint density at radius 1 is 1.17 bits per heavy atom. The number of para-hydroxylation sites is 2. The van der Waals surface area contributed by atoms with Crippen molar-refractivity contribution >= 4 is 28.6 Å². The largest absolute Gasteiger partial charge is 0.281 e. The van der Waals surface area contributed by atoms with Gasteiger partial charge in [0, 0.05) is 11.8 Å². The molecule has 0 bridgehead atoms. The quantitative estimate of drug-likeness (QED) is 0.682. The molecule has 12 heavy (non-hydrogen) atoms. The van der Waals surface area contributed by atoms with Crippen molar-refractivity contribution in [1.82, 2.24) is 9.97 Å². The number of hydrogen-bond donors (Lipinski definition) is 1. The topological polar surface area (TPSA) is 37.8 Å². The Bertz CT molecular complexity index is 402. The first-order chi connectivity index (χ1) is 5.90. The van der Waals surface area contributed by atoms with Gasteiger partial charge in [-0.2, -0.15) is 0 Å². The van der Waals surface area contributed by atoms with Crippen LogP contribution in [0.15, 0.2) is 30.5 Å². The highest BCUT2D eigenvalue weighted by Crippen LogP contribution is 2.11. The third-order valence-electron chi connectivity index (χ3n) is 1.55. The lowest BCUT2D eigenvalue weighted by Gasteiger charge is -1.97. The summed E-state index contributed by atoms with van der Waals surface area (Å²) < 4.78 is 0. The predicted octanol–water partition coefficient (Wildman–Crippen LogP) is 2.20. The van der Waals surface area contributed by atoms with Gasteiger partial charge in [-0.25, -0.2) is 4.98 Å². The first-order valence-electron chi connectivity index (χ1n) is 3.48. The average Bonchev–Trinajstić information content (AvgIpc) is 2.17. The van der Waals surface area contributed by atoms with Crippen LogP contribution in [0.5, 0.6) is 0 Å². The predicted molar refractivity (Wildman–Crippen MR) is 49.0 cm³/mol. The normalized spacial score (nSPS) is 10.1. The van der Waals surface area contributed by atoms with Crippen LogP contribution in [0.1, 0.15) is 0 Å². The van der Waals surface area contributed by atoms with Gasteiger partial charge in [-0.05, 0) is 12.1 Å². The van der Waals surface area contributed by atoms with E-state index in [9.17, 15) is 0 Å². The van der Waals surface area contributed by atoms with Crippen LogP contribution in [0, 0.1) is 0 Å². The number of halogens is 1. The number of nitrogens with zero attached hydrogens (tertiary/aromatic N) is 2. The third-order valence-corrected chi connectivity index (χ3v) is 1.74. The fourth-order valence-electron chi connectivity index (χ4n) is 1.00. The Balaban J connectivity index is 2.67. The maximum absolute atomic E-state index is 5.37.